The van der Waals surface area contributed by atoms with Gasteiger partial charge in [0, 0.05) is 17.6 Å². The highest BCUT2D eigenvalue weighted by Crippen LogP contribution is 2.36. The summed E-state index contributed by atoms with van der Waals surface area (Å²) in [5.74, 6) is 1.99. The van der Waals surface area contributed by atoms with Gasteiger partial charge in [-0.2, -0.15) is 0 Å². The molecule has 1 atom stereocenters. The molecular weight excluding hydrogens is 238 g/mol. The standard InChI is InChI=1S/C16H23NO2/c1-2-9-18-13-7-8-16-14(11-13)15(4-3-10-19-16)17-12-5-6-12/h7-8,11-12,15,17H,2-6,9-10H2,1H3. The lowest BCUT2D eigenvalue weighted by molar-refractivity contribution is 0.309. The lowest BCUT2D eigenvalue weighted by Gasteiger charge is -2.19. The van der Waals surface area contributed by atoms with Crippen LogP contribution in [0.4, 0.5) is 0 Å². The summed E-state index contributed by atoms with van der Waals surface area (Å²) in [7, 11) is 0. The van der Waals surface area contributed by atoms with Crippen molar-refractivity contribution >= 4 is 0 Å². The van der Waals surface area contributed by atoms with E-state index in [0.717, 1.165) is 50.0 Å². The van der Waals surface area contributed by atoms with Crippen molar-refractivity contribution in [1.82, 2.24) is 5.32 Å². The van der Waals surface area contributed by atoms with Crippen LogP contribution in [0.15, 0.2) is 18.2 Å². The molecule has 3 nitrogen and oxygen atoms in total. The maximum Gasteiger partial charge on any atom is 0.124 e. The molecular formula is C16H23NO2. The molecule has 3 heteroatoms. The van der Waals surface area contributed by atoms with Gasteiger partial charge in [-0.1, -0.05) is 6.92 Å². The molecule has 0 aromatic heterocycles. The van der Waals surface area contributed by atoms with Crippen LogP contribution in [0.1, 0.15) is 50.6 Å². The van der Waals surface area contributed by atoms with Gasteiger partial charge in [0.15, 0.2) is 0 Å². The zero-order chi connectivity index (χ0) is 13.1. The van der Waals surface area contributed by atoms with Gasteiger partial charge >= 0.3 is 0 Å². The van der Waals surface area contributed by atoms with Gasteiger partial charge < -0.3 is 14.8 Å². The van der Waals surface area contributed by atoms with Crippen molar-refractivity contribution in [3.63, 3.8) is 0 Å². The van der Waals surface area contributed by atoms with E-state index in [1.807, 2.05) is 6.07 Å². The van der Waals surface area contributed by atoms with Gasteiger partial charge in [-0.3, -0.25) is 0 Å². The monoisotopic (exact) mass is 261 g/mol. The van der Waals surface area contributed by atoms with Gasteiger partial charge in [0.1, 0.15) is 11.5 Å². The van der Waals surface area contributed by atoms with Crippen LogP contribution in [0.2, 0.25) is 0 Å². The molecule has 1 aromatic carbocycles. The molecule has 0 amide bonds. The van der Waals surface area contributed by atoms with E-state index in [1.54, 1.807) is 0 Å². The fourth-order valence-electron chi connectivity index (χ4n) is 2.57. The zero-order valence-electron chi connectivity index (χ0n) is 11.7. The van der Waals surface area contributed by atoms with Crippen molar-refractivity contribution in [3.8, 4) is 11.5 Å². The van der Waals surface area contributed by atoms with Crippen molar-refractivity contribution in [2.45, 2.75) is 51.1 Å². The van der Waals surface area contributed by atoms with E-state index in [4.69, 9.17) is 9.47 Å². The molecule has 104 valence electrons. The Morgan fingerprint density at radius 3 is 3.00 bits per heavy atom. The molecule has 1 heterocycles. The fourth-order valence-corrected chi connectivity index (χ4v) is 2.57. The van der Waals surface area contributed by atoms with Crippen LogP contribution in [0.3, 0.4) is 0 Å². The average Bonchev–Trinajstić information content (AvgIpc) is 3.25. The molecule has 19 heavy (non-hydrogen) atoms. The van der Waals surface area contributed by atoms with Gasteiger partial charge in [0.2, 0.25) is 0 Å². The highest BCUT2D eigenvalue weighted by Gasteiger charge is 2.28. The van der Waals surface area contributed by atoms with Crippen molar-refractivity contribution in [3.05, 3.63) is 23.8 Å². The maximum atomic E-state index is 5.84. The Balaban J connectivity index is 1.81. The van der Waals surface area contributed by atoms with Crippen LogP contribution >= 0.6 is 0 Å². The Bertz CT molecular complexity index is 429. The highest BCUT2D eigenvalue weighted by atomic mass is 16.5. The van der Waals surface area contributed by atoms with Crippen LogP contribution in [0.25, 0.3) is 0 Å². The van der Waals surface area contributed by atoms with Crippen molar-refractivity contribution in [1.29, 1.82) is 0 Å². The van der Waals surface area contributed by atoms with Crippen LogP contribution in [-0.2, 0) is 0 Å². The van der Waals surface area contributed by atoms with Gasteiger partial charge in [0.05, 0.1) is 13.2 Å². The highest BCUT2D eigenvalue weighted by molar-refractivity contribution is 5.43. The van der Waals surface area contributed by atoms with Crippen LogP contribution in [0.5, 0.6) is 11.5 Å². The summed E-state index contributed by atoms with van der Waals surface area (Å²) in [6.07, 6.45) is 5.94. The molecule has 3 rings (SSSR count). The zero-order valence-corrected chi connectivity index (χ0v) is 11.7. The third kappa shape index (κ3) is 3.21. The molecule has 0 bridgehead atoms. The van der Waals surface area contributed by atoms with E-state index in [0.29, 0.717) is 6.04 Å². The number of hydrogen-bond donors (Lipinski definition) is 1. The second kappa shape index (κ2) is 5.83. The largest absolute Gasteiger partial charge is 0.494 e. The molecule has 1 N–H and O–H groups in total. The minimum absolute atomic E-state index is 0.426. The van der Waals surface area contributed by atoms with Crippen molar-refractivity contribution < 1.29 is 9.47 Å². The number of ether oxygens (including phenoxy) is 2. The Kier molecular flexibility index (Phi) is 3.92. The molecule has 1 aromatic rings. The Morgan fingerprint density at radius 2 is 2.21 bits per heavy atom. The minimum Gasteiger partial charge on any atom is -0.494 e. The van der Waals surface area contributed by atoms with Crippen LogP contribution in [-0.4, -0.2) is 19.3 Å². The third-order valence-corrected chi connectivity index (χ3v) is 3.74. The van der Waals surface area contributed by atoms with E-state index >= 15 is 0 Å². The summed E-state index contributed by atoms with van der Waals surface area (Å²) in [4.78, 5) is 0. The second-order valence-corrected chi connectivity index (χ2v) is 5.53. The predicted molar refractivity (Wildman–Crippen MR) is 75.9 cm³/mol. The smallest absolute Gasteiger partial charge is 0.124 e. The summed E-state index contributed by atoms with van der Waals surface area (Å²) < 4.78 is 11.6. The molecule has 1 fully saturated rings. The number of nitrogens with one attached hydrogen (secondary N) is 1. The van der Waals surface area contributed by atoms with E-state index < -0.39 is 0 Å². The maximum absolute atomic E-state index is 5.84. The number of rotatable bonds is 5. The number of benzene rings is 1. The first kappa shape index (κ1) is 12.8. The number of fused-ring (bicyclic) bond motifs is 1. The fraction of sp³-hybridized carbons (Fsp3) is 0.625. The summed E-state index contributed by atoms with van der Waals surface area (Å²) in [6.45, 7) is 3.73. The second-order valence-electron chi connectivity index (χ2n) is 5.53. The van der Waals surface area contributed by atoms with Crippen LogP contribution in [0, 0.1) is 0 Å². The topological polar surface area (TPSA) is 30.5 Å². The van der Waals surface area contributed by atoms with E-state index in [1.165, 1.54) is 18.4 Å². The van der Waals surface area contributed by atoms with Gasteiger partial charge in [-0.15, -0.1) is 0 Å². The molecule has 2 aliphatic rings. The summed E-state index contributed by atoms with van der Waals surface area (Å²) in [5, 5.41) is 3.74. The summed E-state index contributed by atoms with van der Waals surface area (Å²) >= 11 is 0. The molecule has 0 spiro atoms. The van der Waals surface area contributed by atoms with E-state index in [-0.39, 0.29) is 0 Å². The third-order valence-electron chi connectivity index (χ3n) is 3.74. The number of hydrogen-bond acceptors (Lipinski definition) is 3. The molecule has 0 radical (unpaired) electrons. The first-order valence-electron chi connectivity index (χ1n) is 7.52. The van der Waals surface area contributed by atoms with Gasteiger partial charge in [-0.25, -0.2) is 0 Å². The summed E-state index contributed by atoms with van der Waals surface area (Å²) in [6, 6.07) is 7.39. The van der Waals surface area contributed by atoms with Gasteiger partial charge in [0.25, 0.3) is 0 Å². The first-order chi connectivity index (χ1) is 9.36. The first-order valence-corrected chi connectivity index (χ1v) is 7.52. The average molecular weight is 261 g/mol. The molecule has 1 aliphatic carbocycles. The lowest BCUT2D eigenvalue weighted by Crippen LogP contribution is -2.23. The van der Waals surface area contributed by atoms with Crippen LogP contribution < -0.4 is 14.8 Å². The quantitative estimate of drug-likeness (QED) is 0.880. The summed E-state index contributed by atoms with van der Waals surface area (Å²) in [5.41, 5.74) is 1.28. The minimum atomic E-state index is 0.426. The Hall–Kier alpha value is -1.22. The van der Waals surface area contributed by atoms with E-state index in [2.05, 4.69) is 24.4 Å². The molecule has 1 aliphatic heterocycles. The Labute approximate surface area is 115 Å². The van der Waals surface area contributed by atoms with Crippen molar-refractivity contribution in [2.24, 2.45) is 0 Å². The lowest BCUT2D eigenvalue weighted by atomic mass is 10.0. The molecule has 0 saturated heterocycles. The Morgan fingerprint density at radius 1 is 1.32 bits per heavy atom. The van der Waals surface area contributed by atoms with Gasteiger partial charge in [-0.05, 0) is 50.3 Å². The van der Waals surface area contributed by atoms with Crippen molar-refractivity contribution in [2.75, 3.05) is 13.2 Å². The SMILES string of the molecule is CCCOc1ccc2c(c1)C(NC1CC1)CCCO2. The predicted octanol–water partition coefficient (Wildman–Crippen LogP) is 3.44. The molecule has 1 saturated carbocycles. The van der Waals surface area contributed by atoms with E-state index in [9.17, 15) is 0 Å². The normalized spacial score (nSPS) is 22.3. The molecule has 1 unspecified atom stereocenters.